The molecule has 1 saturated heterocycles. The Hall–Kier alpha value is -1.29. The van der Waals surface area contributed by atoms with E-state index in [-0.39, 0.29) is 6.04 Å². The number of anilines is 1. The van der Waals surface area contributed by atoms with Crippen LogP contribution in [0.15, 0.2) is 18.2 Å². The third-order valence-electron chi connectivity index (χ3n) is 3.92. The van der Waals surface area contributed by atoms with Crippen LogP contribution >= 0.6 is 11.6 Å². The van der Waals surface area contributed by atoms with Gasteiger partial charge in [0, 0.05) is 31.2 Å². The number of nitrogens with zero attached hydrogens (tertiary/aromatic N) is 3. The average molecular weight is 328 g/mol. The van der Waals surface area contributed by atoms with Crippen LogP contribution in [-0.2, 0) is 10.0 Å². The number of hydrogen-bond donors (Lipinski definition) is 0. The molecule has 1 aliphatic heterocycles. The fourth-order valence-electron chi connectivity index (χ4n) is 2.60. The minimum atomic E-state index is -3.16. The molecule has 0 bridgehead atoms. The lowest BCUT2D eigenvalue weighted by Crippen LogP contribution is -2.45. The monoisotopic (exact) mass is 327 g/mol. The predicted octanol–water partition coefficient (Wildman–Crippen LogP) is 2.07. The van der Waals surface area contributed by atoms with Gasteiger partial charge in [0.2, 0.25) is 10.0 Å². The Balaban J connectivity index is 2.12. The van der Waals surface area contributed by atoms with E-state index in [0.29, 0.717) is 23.7 Å². The van der Waals surface area contributed by atoms with Crippen molar-refractivity contribution in [2.24, 2.45) is 0 Å². The second-order valence-corrected chi connectivity index (χ2v) is 7.75. The van der Waals surface area contributed by atoms with Crippen molar-refractivity contribution < 1.29 is 8.42 Å². The number of sulfonamides is 1. The van der Waals surface area contributed by atoms with Gasteiger partial charge in [-0.05, 0) is 31.0 Å². The summed E-state index contributed by atoms with van der Waals surface area (Å²) in [4.78, 5) is 2.09. The molecule has 1 aliphatic rings. The zero-order valence-corrected chi connectivity index (χ0v) is 13.7. The average Bonchev–Trinajstić information content (AvgIpc) is 2.45. The van der Waals surface area contributed by atoms with Gasteiger partial charge in [-0.25, -0.2) is 12.7 Å². The van der Waals surface area contributed by atoms with Crippen molar-refractivity contribution in [3.05, 3.63) is 28.8 Å². The Morgan fingerprint density at radius 3 is 2.52 bits per heavy atom. The molecule has 21 heavy (non-hydrogen) atoms. The van der Waals surface area contributed by atoms with Crippen LogP contribution in [0.5, 0.6) is 0 Å². The van der Waals surface area contributed by atoms with Crippen molar-refractivity contribution in [1.82, 2.24) is 4.31 Å². The summed E-state index contributed by atoms with van der Waals surface area (Å²) in [7, 11) is -1.54. The Labute approximate surface area is 130 Å². The molecule has 1 aromatic carbocycles. The molecule has 0 saturated carbocycles. The molecule has 0 amide bonds. The number of rotatable bonds is 3. The first kappa shape index (κ1) is 16.1. The van der Waals surface area contributed by atoms with Crippen LogP contribution in [0.3, 0.4) is 0 Å². The van der Waals surface area contributed by atoms with E-state index >= 15 is 0 Å². The first-order chi connectivity index (χ1) is 9.82. The summed E-state index contributed by atoms with van der Waals surface area (Å²) < 4.78 is 24.6. The molecule has 0 atom stereocenters. The van der Waals surface area contributed by atoms with Crippen molar-refractivity contribution in [2.75, 3.05) is 31.3 Å². The summed E-state index contributed by atoms with van der Waals surface area (Å²) >= 11 is 6.01. The van der Waals surface area contributed by atoms with Crippen LogP contribution < -0.4 is 4.90 Å². The lowest BCUT2D eigenvalue weighted by Gasteiger charge is -2.37. The van der Waals surface area contributed by atoms with E-state index in [1.807, 2.05) is 0 Å². The van der Waals surface area contributed by atoms with E-state index in [4.69, 9.17) is 11.6 Å². The van der Waals surface area contributed by atoms with Crippen LogP contribution in [0.4, 0.5) is 5.69 Å². The van der Waals surface area contributed by atoms with Crippen molar-refractivity contribution in [2.45, 2.75) is 18.9 Å². The normalized spacial score (nSPS) is 17.0. The van der Waals surface area contributed by atoms with Crippen LogP contribution in [-0.4, -0.2) is 45.2 Å². The molecule has 1 heterocycles. The van der Waals surface area contributed by atoms with Crippen molar-refractivity contribution >= 4 is 27.3 Å². The zero-order chi connectivity index (χ0) is 15.6. The fraction of sp³-hybridized carbons (Fsp3) is 0.500. The Morgan fingerprint density at radius 1 is 1.38 bits per heavy atom. The molecule has 0 aromatic heterocycles. The standard InChI is InChI=1S/C14H18ClN3O2S/c1-17(21(2,19)20)13-5-7-18(8-6-13)14-9-12(15)4-3-11(14)10-16/h3-4,9,13H,5-8H2,1-2H3. The number of piperidine rings is 1. The number of benzene rings is 1. The molecule has 1 fully saturated rings. The summed E-state index contributed by atoms with van der Waals surface area (Å²) in [5.74, 6) is 0. The summed E-state index contributed by atoms with van der Waals surface area (Å²) in [6.07, 6.45) is 2.70. The van der Waals surface area contributed by atoms with Gasteiger partial charge in [-0.1, -0.05) is 11.6 Å². The molecule has 1 aromatic rings. The van der Waals surface area contributed by atoms with E-state index in [1.54, 1.807) is 25.2 Å². The molecule has 0 aliphatic carbocycles. The maximum Gasteiger partial charge on any atom is 0.211 e. The quantitative estimate of drug-likeness (QED) is 0.852. The fourth-order valence-corrected chi connectivity index (χ4v) is 3.52. The molecule has 0 unspecified atom stereocenters. The number of hydrogen-bond acceptors (Lipinski definition) is 4. The van der Waals surface area contributed by atoms with Gasteiger partial charge >= 0.3 is 0 Å². The maximum atomic E-state index is 11.6. The van der Waals surface area contributed by atoms with Gasteiger partial charge in [-0.2, -0.15) is 5.26 Å². The van der Waals surface area contributed by atoms with Crippen LogP contribution in [0.25, 0.3) is 0 Å². The van der Waals surface area contributed by atoms with E-state index in [9.17, 15) is 13.7 Å². The first-order valence-corrected chi connectivity index (χ1v) is 8.93. The van der Waals surface area contributed by atoms with Crippen molar-refractivity contribution in [3.63, 3.8) is 0 Å². The Morgan fingerprint density at radius 2 is 2.00 bits per heavy atom. The molecular weight excluding hydrogens is 310 g/mol. The van der Waals surface area contributed by atoms with Crippen molar-refractivity contribution in [1.29, 1.82) is 5.26 Å². The van der Waals surface area contributed by atoms with Gasteiger partial charge in [0.15, 0.2) is 0 Å². The zero-order valence-electron chi connectivity index (χ0n) is 12.1. The maximum absolute atomic E-state index is 11.6. The lowest BCUT2D eigenvalue weighted by molar-refractivity contribution is 0.314. The summed E-state index contributed by atoms with van der Waals surface area (Å²) in [5.41, 5.74) is 1.42. The molecule has 0 N–H and O–H groups in total. The van der Waals surface area contributed by atoms with Crippen LogP contribution in [0.2, 0.25) is 5.02 Å². The SMILES string of the molecule is CN(C1CCN(c2cc(Cl)ccc2C#N)CC1)S(C)(=O)=O. The third-order valence-corrected chi connectivity index (χ3v) is 5.50. The molecule has 0 radical (unpaired) electrons. The van der Waals surface area contributed by atoms with Gasteiger partial charge in [-0.3, -0.25) is 0 Å². The first-order valence-electron chi connectivity index (χ1n) is 6.70. The minimum absolute atomic E-state index is 0.0148. The molecule has 7 heteroatoms. The molecular formula is C14H18ClN3O2S. The van der Waals surface area contributed by atoms with Crippen molar-refractivity contribution in [3.8, 4) is 6.07 Å². The van der Waals surface area contributed by atoms with Crippen LogP contribution in [0.1, 0.15) is 18.4 Å². The number of nitriles is 1. The summed E-state index contributed by atoms with van der Waals surface area (Å²) in [5, 5.41) is 9.78. The predicted molar refractivity (Wildman–Crippen MR) is 84.0 cm³/mol. The second kappa shape index (κ2) is 6.22. The highest BCUT2D eigenvalue weighted by Gasteiger charge is 2.28. The van der Waals surface area contributed by atoms with Gasteiger partial charge in [0.05, 0.1) is 17.5 Å². The van der Waals surface area contributed by atoms with Gasteiger partial charge in [0.25, 0.3) is 0 Å². The van der Waals surface area contributed by atoms with E-state index < -0.39 is 10.0 Å². The molecule has 0 spiro atoms. The molecule has 2 rings (SSSR count). The molecule has 5 nitrogen and oxygen atoms in total. The highest BCUT2D eigenvalue weighted by atomic mass is 35.5. The largest absolute Gasteiger partial charge is 0.370 e. The smallest absolute Gasteiger partial charge is 0.211 e. The van der Waals surface area contributed by atoms with Gasteiger partial charge in [0.1, 0.15) is 6.07 Å². The summed E-state index contributed by atoms with van der Waals surface area (Å²) in [6, 6.07) is 7.40. The molecule has 114 valence electrons. The van der Waals surface area contributed by atoms with Gasteiger partial charge in [-0.15, -0.1) is 0 Å². The van der Waals surface area contributed by atoms with Gasteiger partial charge < -0.3 is 4.90 Å². The van der Waals surface area contributed by atoms with Crippen LogP contribution in [0, 0.1) is 11.3 Å². The minimum Gasteiger partial charge on any atom is -0.370 e. The highest BCUT2D eigenvalue weighted by molar-refractivity contribution is 7.88. The topological polar surface area (TPSA) is 64.4 Å². The summed E-state index contributed by atoms with van der Waals surface area (Å²) in [6.45, 7) is 1.42. The van der Waals surface area contributed by atoms with E-state index in [2.05, 4.69) is 11.0 Å². The Bertz CT molecular complexity index is 661. The number of halogens is 1. The lowest BCUT2D eigenvalue weighted by atomic mass is 10.0. The third kappa shape index (κ3) is 3.67. The second-order valence-electron chi connectivity index (χ2n) is 5.27. The highest BCUT2D eigenvalue weighted by Crippen LogP contribution is 2.28. The van der Waals surface area contributed by atoms with E-state index in [0.717, 1.165) is 18.5 Å². The van der Waals surface area contributed by atoms with E-state index in [1.165, 1.54) is 10.6 Å². The Kier molecular flexibility index (Phi) is 4.77.